The van der Waals surface area contributed by atoms with Crippen LogP contribution in [0.25, 0.3) is 11.1 Å². The minimum absolute atomic E-state index is 0.00734. The molecule has 135 valence electrons. The molecule has 25 heavy (non-hydrogen) atoms. The second-order valence-electron chi connectivity index (χ2n) is 5.98. The lowest BCUT2D eigenvalue weighted by atomic mass is 9.91. The van der Waals surface area contributed by atoms with E-state index in [-0.39, 0.29) is 17.8 Å². The third-order valence-corrected chi connectivity index (χ3v) is 5.21. The lowest BCUT2D eigenvalue weighted by molar-refractivity contribution is 0.0502. The summed E-state index contributed by atoms with van der Waals surface area (Å²) >= 11 is 6.49. The van der Waals surface area contributed by atoms with E-state index in [0.29, 0.717) is 24.5 Å². The van der Waals surface area contributed by atoms with Crippen molar-refractivity contribution >= 4 is 22.3 Å². The zero-order valence-corrected chi connectivity index (χ0v) is 16.0. The van der Waals surface area contributed by atoms with E-state index in [2.05, 4.69) is 6.92 Å². The van der Waals surface area contributed by atoms with Crippen molar-refractivity contribution in [2.75, 3.05) is 12.4 Å². The van der Waals surface area contributed by atoms with Gasteiger partial charge in [0.1, 0.15) is 10.7 Å². The van der Waals surface area contributed by atoms with E-state index in [9.17, 15) is 8.42 Å². The standard InChI is InChI=1S/C20H24ClO3S/c1-3-24-15(2)17(11-12-25(22)23)13-19-10-9-18(14-20(19)21)16-7-5-4-6-8-16/h4-10,14-15,17,25H,2-3,11-13H2,1H3. The smallest absolute Gasteiger partial charge is 0.140 e. The molecule has 1 radical (unpaired) electrons. The molecule has 0 spiro atoms. The summed E-state index contributed by atoms with van der Waals surface area (Å²) in [6, 6.07) is 16.1. The van der Waals surface area contributed by atoms with Crippen LogP contribution in [0.15, 0.2) is 48.5 Å². The average Bonchev–Trinajstić information content (AvgIpc) is 2.60. The minimum Gasteiger partial charge on any atom is -0.378 e. The number of halogens is 1. The first-order valence-corrected chi connectivity index (χ1v) is 10.2. The molecule has 3 nitrogen and oxygen atoms in total. The molecule has 0 fully saturated rings. The molecular weight excluding hydrogens is 356 g/mol. The van der Waals surface area contributed by atoms with Crippen LogP contribution in [0.5, 0.6) is 0 Å². The molecule has 0 aliphatic carbocycles. The molecule has 0 aliphatic heterocycles. The van der Waals surface area contributed by atoms with Gasteiger partial charge in [-0.1, -0.05) is 54.1 Å². The topological polar surface area (TPSA) is 43.4 Å². The normalized spacial score (nSPS) is 13.8. The van der Waals surface area contributed by atoms with Gasteiger partial charge in [0.05, 0.1) is 6.10 Å². The number of ether oxygens (including phenoxy) is 1. The second kappa shape index (κ2) is 9.95. The van der Waals surface area contributed by atoms with Crippen LogP contribution in [0, 0.1) is 12.8 Å². The number of thiol groups is 1. The van der Waals surface area contributed by atoms with Crippen LogP contribution in [0.3, 0.4) is 0 Å². The van der Waals surface area contributed by atoms with Crippen molar-refractivity contribution in [3.05, 3.63) is 66.0 Å². The molecule has 0 bridgehead atoms. The fourth-order valence-corrected chi connectivity index (χ4v) is 3.65. The Labute approximate surface area is 156 Å². The summed E-state index contributed by atoms with van der Waals surface area (Å²) in [6.07, 6.45) is 0.902. The fourth-order valence-electron chi connectivity index (χ4n) is 2.85. The summed E-state index contributed by atoms with van der Waals surface area (Å²) in [6.45, 7) is 6.49. The van der Waals surface area contributed by atoms with Gasteiger partial charge in [-0.3, -0.25) is 0 Å². The van der Waals surface area contributed by atoms with E-state index < -0.39 is 10.7 Å². The zero-order valence-electron chi connectivity index (χ0n) is 14.4. The highest BCUT2D eigenvalue weighted by molar-refractivity contribution is 7.72. The van der Waals surface area contributed by atoms with Crippen molar-refractivity contribution in [2.45, 2.75) is 25.9 Å². The first kappa shape index (κ1) is 20.0. The molecule has 0 saturated heterocycles. The van der Waals surface area contributed by atoms with E-state index in [4.69, 9.17) is 16.3 Å². The van der Waals surface area contributed by atoms with Gasteiger partial charge in [0.15, 0.2) is 0 Å². The maximum absolute atomic E-state index is 11.0. The molecule has 2 rings (SSSR count). The average molecular weight is 380 g/mol. The maximum atomic E-state index is 11.0. The van der Waals surface area contributed by atoms with Crippen LogP contribution < -0.4 is 0 Å². The van der Waals surface area contributed by atoms with Crippen LogP contribution in [0.4, 0.5) is 0 Å². The van der Waals surface area contributed by atoms with Crippen LogP contribution >= 0.6 is 11.6 Å². The van der Waals surface area contributed by atoms with Crippen LogP contribution in [0.2, 0.25) is 5.02 Å². The number of benzene rings is 2. The Bertz CT molecular complexity index is 736. The van der Waals surface area contributed by atoms with E-state index >= 15 is 0 Å². The van der Waals surface area contributed by atoms with Crippen molar-refractivity contribution in [1.82, 2.24) is 0 Å². The summed E-state index contributed by atoms with van der Waals surface area (Å²) in [4.78, 5) is 0. The number of hydrogen-bond acceptors (Lipinski definition) is 3. The largest absolute Gasteiger partial charge is 0.378 e. The summed E-state index contributed by atoms with van der Waals surface area (Å²) < 4.78 is 27.5. The third-order valence-electron chi connectivity index (χ3n) is 4.23. The Hall–Kier alpha value is -1.36. The molecule has 2 atom stereocenters. The molecule has 0 aliphatic rings. The van der Waals surface area contributed by atoms with Gasteiger partial charge in [-0.25, -0.2) is 8.42 Å². The van der Waals surface area contributed by atoms with Crippen molar-refractivity contribution < 1.29 is 13.2 Å². The highest BCUT2D eigenvalue weighted by Crippen LogP contribution is 2.29. The van der Waals surface area contributed by atoms with Gasteiger partial charge >= 0.3 is 0 Å². The van der Waals surface area contributed by atoms with E-state index in [1.165, 1.54) is 0 Å². The Morgan fingerprint density at radius 2 is 1.84 bits per heavy atom. The summed E-state index contributed by atoms with van der Waals surface area (Å²) in [5.41, 5.74) is 3.16. The SMILES string of the molecule is [CH2]C(OCC)C(CC[SH](=O)=O)Cc1ccc(-c2ccccc2)cc1Cl. The molecule has 0 amide bonds. The Kier molecular flexibility index (Phi) is 7.94. The second-order valence-corrected chi connectivity index (χ2v) is 7.50. The van der Waals surface area contributed by atoms with Crippen molar-refractivity contribution in [3.8, 4) is 11.1 Å². The van der Waals surface area contributed by atoms with Crippen molar-refractivity contribution in [3.63, 3.8) is 0 Å². The minimum atomic E-state index is -2.40. The first-order chi connectivity index (χ1) is 12.0. The monoisotopic (exact) mass is 379 g/mol. The van der Waals surface area contributed by atoms with Gasteiger partial charge in [0, 0.05) is 17.4 Å². The van der Waals surface area contributed by atoms with Gasteiger partial charge in [0.2, 0.25) is 0 Å². The van der Waals surface area contributed by atoms with Crippen LogP contribution in [-0.4, -0.2) is 26.9 Å². The zero-order chi connectivity index (χ0) is 18.2. The maximum Gasteiger partial charge on any atom is 0.140 e. The first-order valence-electron chi connectivity index (χ1n) is 8.41. The van der Waals surface area contributed by atoms with Crippen molar-refractivity contribution in [2.24, 2.45) is 5.92 Å². The van der Waals surface area contributed by atoms with Gasteiger partial charge in [-0.05, 0) is 55.4 Å². The van der Waals surface area contributed by atoms with Gasteiger partial charge in [-0.15, -0.1) is 0 Å². The molecule has 5 heteroatoms. The Morgan fingerprint density at radius 3 is 2.44 bits per heavy atom. The molecule has 2 aromatic rings. The lowest BCUT2D eigenvalue weighted by Gasteiger charge is -2.24. The number of rotatable bonds is 9. The fraction of sp³-hybridized carbons (Fsp3) is 0.350. The Morgan fingerprint density at radius 1 is 1.12 bits per heavy atom. The van der Waals surface area contributed by atoms with Gasteiger partial charge in [0.25, 0.3) is 0 Å². The quantitative estimate of drug-likeness (QED) is 0.656. The van der Waals surface area contributed by atoms with Crippen LogP contribution in [0.1, 0.15) is 18.9 Å². The van der Waals surface area contributed by atoms with Crippen molar-refractivity contribution in [1.29, 1.82) is 0 Å². The number of hydrogen-bond donors (Lipinski definition) is 1. The van der Waals surface area contributed by atoms with E-state index in [1.54, 1.807) is 0 Å². The predicted octanol–water partition coefficient (Wildman–Crippen LogP) is 4.41. The van der Waals surface area contributed by atoms with Gasteiger partial charge < -0.3 is 4.74 Å². The molecule has 2 unspecified atom stereocenters. The van der Waals surface area contributed by atoms with E-state index in [0.717, 1.165) is 16.7 Å². The molecular formula is C20H24ClO3S. The Balaban J connectivity index is 2.17. The van der Waals surface area contributed by atoms with Gasteiger partial charge in [-0.2, -0.15) is 0 Å². The molecule has 2 aromatic carbocycles. The molecule has 0 saturated carbocycles. The predicted molar refractivity (Wildman–Crippen MR) is 105 cm³/mol. The molecule has 0 N–H and O–H groups in total. The highest BCUT2D eigenvalue weighted by Gasteiger charge is 2.20. The van der Waals surface area contributed by atoms with Crippen LogP contribution in [-0.2, 0) is 21.9 Å². The third kappa shape index (κ3) is 6.14. The summed E-state index contributed by atoms with van der Waals surface area (Å²) in [5.74, 6) is 0.145. The molecule has 0 heterocycles. The summed E-state index contributed by atoms with van der Waals surface area (Å²) in [7, 11) is -2.40. The van der Waals surface area contributed by atoms with E-state index in [1.807, 2.05) is 55.5 Å². The lowest BCUT2D eigenvalue weighted by Crippen LogP contribution is -2.24. The summed E-state index contributed by atoms with van der Waals surface area (Å²) in [5, 5.41) is 0.682. The molecule has 0 aromatic heterocycles. The highest BCUT2D eigenvalue weighted by atomic mass is 35.5.